The molecule has 4 aromatic heterocycles. The van der Waals surface area contributed by atoms with Gasteiger partial charge in [-0.15, -0.1) is 0 Å². The van der Waals surface area contributed by atoms with Crippen molar-refractivity contribution in [3.8, 4) is 0 Å². The number of imide groups is 1. The number of nitrogens with zero attached hydrogens (tertiary/aromatic N) is 9. The van der Waals surface area contributed by atoms with E-state index in [0.717, 1.165) is 73.9 Å². The van der Waals surface area contributed by atoms with Crippen molar-refractivity contribution >= 4 is 63.1 Å². The topological polar surface area (TPSA) is 173 Å². The number of benzene rings is 1. The number of amides is 4. The zero-order valence-corrected chi connectivity index (χ0v) is 34.5. The Morgan fingerprint density at radius 2 is 1.68 bits per heavy atom. The van der Waals surface area contributed by atoms with Gasteiger partial charge in [-0.2, -0.15) is 4.98 Å². The van der Waals surface area contributed by atoms with E-state index in [1.54, 1.807) is 55.1 Å². The molecule has 310 valence electrons. The summed E-state index contributed by atoms with van der Waals surface area (Å²) in [5, 5.41) is 6.37. The summed E-state index contributed by atoms with van der Waals surface area (Å²) in [5.41, 5.74) is 4.01. The van der Waals surface area contributed by atoms with Crippen LogP contribution in [0.2, 0.25) is 0 Å². The number of carbonyl (C=O) groups excluding carboxylic acids is 4. The second-order valence-corrected chi connectivity index (χ2v) is 16.7. The third-order valence-electron chi connectivity index (χ3n) is 12.2. The highest BCUT2D eigenvalue weighted by molar-refractivity contribution is 6.01. The number of likely N-dealkylation sites (tertiary alicyclic amines) is 1. The average molecular weight is 804 g/mol. The van der Waals surface area contributed by atoms with E-state index in [1.165, 1.54) is 11.0 Å². The first-order chi connectivity index (χ1) is 28.4. The van der Waals surface area contributed by atoms with Gasteiger partial charge in [0.1, 0.15) is 23.2 Å². The second-order valence-electron chi connectivity index (χ2n) is 16.7. The van der Waals surface area contributed by atoms with Crippen LogP contribution in [0.5, 0.6) is 0 Å². The van der Waals surface area contributed by atoms with Crippen molar-refractivity contribution in [2.24, 2.45) is 12.5 Å². The number of carbonyl (C=O) groups is 4. The number of piperidine rings is 2. The highest BCUT2D eigenvalue weighted by Gasteiger charge is 2.46. The number of imidazole rings is 1. The number of para-hydroxylation sites is 1. The molecule has 3 saturated heterocycles. The molecule has 1 spiro atoms. The monoisotopic (exact) mass is 803 g/mol. The first-order valence-electron chi connectivity index (χ1n) is 20.8. The van der Waals surface area contributed by atoms with Crippen LogP contribution in [0.3, 0.4) is 0 Å². The molecular weight excluding hydrogens is 751 g/mol. The van der Waals surface area contributed by atoms with Gasteiger partial charge in [-0.25, -0.2) is 14.8 Å². The lowest BCUT2D eigenvalue weighted by molar-refractivity contribution is -0.135. The largest absolute Gasteiger partial charge is 0.369 e. The van der Waals surface area contributed by atoms with Crippen molar-refractivity contribution in [1.29, 1.82) is 0 Å². The Balaban J connectivity index is 0.00000157. The summed E-state index contributed by atoms with van der Waals surface area (Å²) >= 11 is 0. The molecule has 2 N–H and O–H groups in total. The summed E-state index contributed by atoms with van der Waals surface area (Å²) in [4.78, 5) is 84.2. The molecule has 4 amide bonds. The van der Waals surface area contributed by atoms with E-state index in [4.69, 9.17) is 4.98 Å². The molecule has 5 aromatic rings. The van der Waals surface area contributed by atoms with Crippen molar-refractivity contribution in [3.63, 3.8) is 0 Å². The van der Waals surface area contributed by atoms with Crippen LogP contribution < -0.4 is 21.2 Å². The lowest BCUT2D eigenvalue weighted by atomic mass is 9.71. The fraction of sp³-hybridized carbons (Fsp3) is 0.488. The van der Waals surface area contributed by atoms with Gasteiger partial charge in [0.15, 0.2) is 0 Å². The van der Waals surface area contributed by atoms with E-state index in [2.05, 4.69) is 43.9 Å². The lowest BCUT2D eigenvalue weighted by Gasteiger charge is -2.55. The smallest absolute Gasteiger partial charge is 0.329 e. The van der Waals surface area contributed by atoms with E-state index in [-0.39, 0.29) is 47.7 Å². The molecule has 9 rings (SSSR count). The van der Waals surface area contributed by atoms with Crippen LogP contribution in [0.15, 0.2) is 53.6 Å². The molecule has 1 atom stereocenters. The molecule has 16 nitrogen and oxygen atoms in total. The predicted octanol–water partition coefficient (Wildman–Crippen LogP) is 5.18. The first-order valence-corrected chi connectivity index (χ1v) is 20.8. The third kappa shape index (κ3) is 7.33. The molecule has 59 heavy (non-hydrogen) atoms. The summed E-state index contributed by atoms with van der Waals surface area (Å²) in [6.45, 7) is 7.13. The summed E-state index contributed by atoms with van der Waals surface area (Å²) in [7, 11) is 5.23. The summed E-state index contributed by atoms with van der Waals surface area (Å²) < 4.78 is 5.19. The molecular formula is C43H53N11O5. The number of aromatic nitrogens is 6. The first kappa shape index (κ1) is 39.8. The molecule has 1 aromatic carbocycles. The third-order valence-corrected chi connectivity index (χ3v) is 12.2. The number of hydrogen-bond acceptors (Lipinski definition) is 10. The highest BCUT2D eigenvalue weighted by atomic mass is 16.2. The molecule has 4 aliphatic rings. The molecule has 1 aliphatic carbocycles. The van der Waals surface area contributed by atoms with Gasteiger partial charge in [0.25, 0.3) is 11.8 Å². The number of aryl methyl sites for hydroxylation is 1. The van der Waals surface area contributed by atoms with Gasteiger partial charge >= 0.3 is 5.69 Å². The number of pyridine rings is 1. The van der Waals surface area contributed by atoms with Gasteiger partial charge in [0, 0.05) is 83.0 Å². The second kappa shape index (κ2) is 15.9. The maximum atomic E-state index is 13.6. The Morgan fingerprint density at radius 1 is 0.949 bits per heavy atom. The van der Waals surface area contributed by atoms with E-state index in [0.29, 0.717) is 41.6 Å². The zero-order chi connectivity index (χ0) is 41.6. The number of hydrogen-bond donors (Lipinski definition) is 2. The Labute approximate surface area is 342 Å². The maximum Gasteiger partial charge on any atom is 0.329 e. The lowest BCUT2D eigenvalue weighted by Crippen LogP contribution is -2.61. The molecule has 1 saturated carbocycles. The molecule has 4 fully saturated rings. The van der Waals surface area contributed by atoms with Gasteiger partial charge < -0.3 is 24.6 Å². The average Bonchev–Trinajstić information content (AvgIpc) is 3.94. The van der Waals surface area contributed by atoms with Crippen LogP contribution in [0.1, 0.15) is 105 Å². The van der Waals surface area contributed by atoms with Crippen LogP contribution in [-0.4, -0.2) is 102 Å². The van der Waals surface area contributed by atoms with Crippen molar-refractivity contribution in [1.82, 2.24) is 43.8 Å². The van der Waals surface area contributed by atoms with Crippen LogP contribution >= 0.6 is 0 Å². The molecule has 3 aliphatic heterocycles. The van der Waals surface area contributed by atoms with Gasteiger partial charge in [-0.3, -0.25) is 33.6 Å². The number of anilines is 3. The van der Waals surface area contributed by atoms with E-state index < -0.39 is 11.9 Å². The van der Waals surface area contributed by atoms with Crippen LogP contribution in [-0.2, 0) is 16.6 Å². The maximum absolute atomic E-state index is 13.6. The minimum Gasteiger partial charge on any atom is -0.369 e. The zero-order valence-electron chi connectivity index (χ0n) is 34.5. The van der Waals surface area contributed by atoms with Crippen LogP contribution in [0.25, 0.3) is 22.1 Å². The fourth-order valence-electron chi connectivity index (χ4n) is 9.22. The van der Waals surface area contributed by atoms with Crippen molar-refractivity contribution < 1.29 is 19.2 Å². The Hall–Kier alpha value is -6.06. The Morgan fingerprint density at radius 3 is 2.34 bits per heavy atom. The van der Waals surface area contributed by atoms with E-state index in [1.807, 2.05) is 29.2 Å². The number of rotatable bonds is 7. The summed E-state index contributed by atoms with van der Waals surface area (Å²) in [6.07, 6.45) is 11.0. The quantitative estimate of drug-likeness (QED) is 0.209. The predicted molar refractivity (Wildman–Crippen MR) is 225 cm³/mol. The highest BCUT2D eigenvalue weighted by Crippen LogP contribution is 2.45. The van der Waals surface area contributed by atoms with Crippen LogP contribution in [0.4, 0.5) is 17.5 Å². The van der Waals surface area contributed by atoms with Crippen molar-refractivity contribution in [2.75, 3.05) is 50.5 Å². The molecule has 16 heteroatoms. The van der Waals surface area contributed by atoms with Gasteiger partial charge in [0.2, 0.25) is 17.8 Å². The summed E-state index contributed by atoms with van der Waals surface area (Å²) in [6, 6.07) is 10.7. The number of nitrogens with one attached hydrogen (secondary N) is 2. The Kier molecular flexibility index (Phi) is 10.7. The van der Waals surface area contributed by atoms with Gasteiger partial charge in [0.05, 0.1) is 22.3 Å². The SMILES string of the molecule is CCC.CN(C)C(=O)c1cc2cnc(Nc3ccc(C(=O)N4CCC5(CC4)CN(c4cccc6c4n(C)c(=O)n6C4CCC(=O)NC4=O)C5)cn3)nc2n1C1CCCC1. The molecule has 0 bridgehead atoms. The molecule has 0 radical (unpaired) electrons. The fourth-order valence-corrected chi connectivity index (χ4v) is 9.22. The Bertz CT molecular complexity index is 2480. The van der Waals surface area contributed by atoms with E-state index in [9.17, 15) is 24.0 Å². The van der Waals surface area contributed by atoms with Crippen molar-refractivity contribution in [3.05, 3.63) is 70.5 Å². The molecule has 7 heterocycles. The van der Waals surface area contributed by atoms with Crippen LogP contribution in [0, 0.1) is 5.41 Å². The minimum absolute atomic E-state index is 0.0604. The standard InChI is InChI=1S/C40H45N11O5.C3H8/c1-46(2)37(55)30-19-25-21-42-38(45-34(25)50(30)26-7-4-5-8-26)43-31-13-11-24(20-41-31)36(54)48-17-15-40(16-18-48)22-49(23-40)27-9-6-10-28-33(27)47(3)39(56)51(28)29-12-14-32(52)44-35(29)53;1-3-2/h6,9-11,13,19-21,26,29H,4-5,7-8,12,14-18,22-23H2,1-3H3,(H,44,52,53)(H,41,42,43,45);3H2,1-2H3. The summed E-state index contributed by atoms with van der Waals surface area (Å²) in [5.74, 6) is -0.00884. The van der Waals surface area contributed by atoms with Gasteiger partial charge in [-0.1, -0.05) is 39.2 Å². The van der Waals surface area contributed by atoms with Crippen molar-refractivity contribution in [2.45, 2.75) is 83.7 Å². The van der Waals surface area contributed by atoms with E-state index >= 15 is 0 Å². The normalized spacial score (nSPS) is 19.1. The number of fused-ring (bicyclic) bond motifs is 2. The minimum atomic E-state index is -0.731. The molecule has 1 unspecified atom stereocenters. The van der Waals surface area contributed by atoms with Gasteiger partial charge in [-0.05, 0) is 62.4 Å².